The molecule has 2 aromatic rings. The smallest absolute Gasteiger partial charge is 0.224 e. The highest BCUT2D eigenvalue weighted by Crippen LogP contribution is 2.20. The van der Waals surface area contributed by atoms with E-state index >= 15 is 0 Å². The first-order chi connectivity index (χ1) is 10.6. The summed E-state index contributed by atoms with van der Waals surface area (Å²) in [6.07, 6.45) is 0.616. The lowest BCUT2D eigenvalue weighted by atomic mass is 10.1. The van der Waals surface area contributed by atoms with E-state index in [0.29, 0.717) is 18.5 Å². The van der Waals surface area contributed by atoms with Gasteiger partial charge in [-0.3, -0.25) is 4.79 Å². The molecular formula is C17H18FNO3. The maximum absolute atomic E-state index is 13.9. The topological polar surface area (TPSA) is 58.6 Å². The van der Waals surface area contributed by atoms with Crippen LogP contribution >= 0.6 is 0 Å². The van der Waals surface area contributed by atoms with E-state index in [4.69, 9.17) is 4.74 Å². The minimum Gasteiger partial charge on any atom is -0.508 e. The Bertz CT molecular complexity index is 641. The molecule has 0 heterocycles. The third-order valence-corrected chi connectivity index (χ3v) is 3.29. The number of amides is 1. The summed E-state index contributed by atoms with van der Waals surface area (Å²) in [4.78, 5) is 11.9. The maximum Gasteiger partial charge on any atom is 0.224 e. The summed E-state index contributed by atoms with van der Waals surface area (Å²) < 4.78 is 18.8. The summed E-state index contributed by atoms with van der Waals surface area (Å²) in [5.74, 6) is -0.403. The SMILES string of the molecule is COc1cccc(CC(=O)NCCc2ccc(O)cc2)c1F. The van der Waals surface area contributed by atoms with Crippen molar-refractivity contribution >= 4 is 5.91 Å². The molecule has 0 saturated carbocycles. The molecule has 0 aliphatic rings. The van der Waals surface area contributed by atoms with Gasteiger partial charge in [0.15, 0.2) is 11.6 Å². The molecule has 4 nitrogen and oxygen atoms in total. The number of benzene rings is 2. The van der Waals surface area contributed by atoms with Crippen molar-refractivity contribution < 1.29 is 19.0 Å². The van der Waals surface area contributed by atoms with E-state index in [9.17, 15) is 14.3 Å². The van der Waals surface area contributed by atoms with E-state index in [0.717, 1.165) is 5.56 Å². The van der Waals surface area contributed by atoms with E-state index < -0.39 is 5.82 Å². The van der Waals surface area contributed by atoms with Gasteiger partial charge in [-0.05, 0) is 30.2 Å². The number of rotatable bonds is 6. The van der Waals surface area contributed by atoms with Crippen LogP contribution in [-0.4, -0.2) is 24.7 Å². The van der Waals surface area contributed by atoms with Gasteiger partial charge in [-0.15, -0.1) is 0 Å². The normalized spacial score (nSPS) is 10.3. The summed E-state index contributed by atoms with van der Waals surface area (Å²) in [7, 11) is 1.39. The van der Waals surface area contributed by atoms with Crippen molar-refractivity contribution in [3.63, 3.8) is 0 Å². The molecule has 1 amide bonds. The Morgan fingerprint density at radius 1 is 1.23 bits per heavy atom. The van der Waals surface area contributed by atoms with Crippen LogP contribution in [0.15, 0.2) is 42.5 Å². The fourth-order valence-electron chi connectivity index (χ4n) is 2.09. The van der Waals surface area contributed by atoms with Crippen LogP contribution in [0.4, 0.5) is 4.39 Å². The Balaban J connectivity index is 1.84. The standard InChI is InChI=1S/C17H18FNO3/c1-22-15-4-2-3-13(17(15)18)11-16(21)19-10-9-12-5-7-14(20)8-6-12/h2-8,20H,9-11H2,1H3,(H,19,21). The molecule has 0 fully saturated rings. The van der Waals surface area contributed by atoms with Gasteiger partial charge in [0.2, 0.25) is 5.91 Å². The lowest BCUT2D eigenvalue weighted by Crippen LogP contribution is -2.27. The lowest BCUT2D eigenvalue weighted by Gasteiger charge is -2.08. The summed E-state index contributed by atoms with van der Waals surface area (Å²) in [6, 6.07) is 11.5. The highest BCUT2D eigenvalue weighted by Gasteiger charge is 2.11. The van der Waals surface area contributed by atoms with Crippen molar-refractivity contribution in [3.8, 4) is 11.5 Å². The first-order valence-electron chi connectivity index (χ1n) is 6.96. The Kier molecular flexibility index (Phi) is 5.36. The van der Waals surface area contributed by atoms with E-state index in [1.807, 2.05) is 0 Å². The summed E-state index contributed by atoms with van der Waals surface area (Å²) in [5.41, 5.74) is 1.31. The zero-order chi connectivity index (χ0) is 15.9. The molecule has 0 radical (unpaired) electrons. The van der Waals surface area contributed by atoms with Gasteiger partial charge in [-0.25, -0.2) is 4.39 Å². The van der Waals surface area contributed by atoms with Crippen LogP contribution in [0, 0.1) is 5.82 Å². The summed E-state index contributed by atoms with van der Waals surface area (Å²) in [5, 5.41) is 11.9. The summed E-state index contributed by atoms with van der Waals surface area (Å²) in [6.45, 7) is 0.454. The Morgan fingerprint density at radius 3 is 2.64 bits per heavy atom. The molecule has 0 atom stereocenters. The van der Waals surface area contributed by atoms with E-state index in [1.54, 1.807) is 36.4 Å². The number of nitrogens with one attached hydrogen (secondary N) is 1. The summed E-state index contributed by atoms with van der Waals surface area (Å²) >= 11 is 0. The fraction of sp³-hybridized carbons (Fsp3) is 0.235. The molecule has 22 heavy (non-hydrogen) atoms. The van der Waals surface area contributed by atoms with Gasteiger partial charge in [-0.2, -0.15) is 0 Å². The van der Waals surface area contributed by atoms with Crippen molar-refractivity contribution in [2.45, 2.75) is 12.8 Å². The first kappa shape index (κ1) is 15.8. The van der Waals surface area contributed by atoms with Crippen molar-refractivity contribution in [3.05, 3.63) is 59.4 Å². The second-order valence-electron chi connectivity index (χ2n) is 4.88. The first-order valence-corrected chi connectivity index (χ1v) is 6.96. The second kappa shape index (κ2) is 7.45. The van der Waals surface area contributed by atoms with Gasteiger partial charge in [0.05, 0.1) is 13.5 Å². The van der Waals surface area contributed by atoms with Gasteiger partial charge < -0.3 is 15.2 Å². The monoisotopic (exact) mass is 303 g/mol. The molecule has 5 heteroatoms. The molecule has 2 aromatic carbocycles. The van der Waals surface area contributed by atoms with E-state index in [1.165, 1.54) is 13.2 Å². The third-order valence-electron chi connectivity index (χ3n) is 3.29. The van der Waals surface area contributed by atoms with Crippen LogP contribution in [0.5, 0.6) is 11.5 Å². The number of carbonyl (C=O) groups excluding carboxylic acids is 1. The Morgan fingerprint density at radius 2 is 1.95 bits per heavy atom. The maximum atomic E-state index is 13.9. The van der Waals surface area contributed by atoms with Crippen LogP contribution in [0.25, 0.3) is 0 Å². The number of methoxy groups -OCH3 is 1. The molecule has 0 unspecified atom stereocenters. The van der Waals surface area contributed by atoms with Crippen LogP contribution in [0.2, 0.25) is 0 Å². The van der Waals surface area contributed by atoms with Gasteiger partial charge >= 0.3 is 0 Å². The molecular weight excluding hydrogens is 285 g/mol. The van der Waals surface area contributed by atoms with Crippen LogP contribution in [-0.2, 0) is 17.6 Å². The number of hydrogen-bond acceptors (Lipinski definition) is 3. The van der Waals surface area contributed by atoms with E-state index in [-0.39, 0.29) is 23.8 Å². The number of carbonyl (C=O) groups is 1. The van der Waals surface area contributed by atoms with Crippen LogP contribution in [0.1, 0.15) is 11.1 Å². The zero-order valence-electron chi connectivity index (χ0n) is 12.3. The second-order valence-corrected chi connectivity index (χ2v) is 4.88. The average Bonchev–Trinajstić information content (AvgIpc) is 2.51. The molecule has 2 rings (SSSR count). The zero-order valence-corrected chi connectivity index (χ0v) is 12.3. The number of phenolic OH excluding ortho intramolecular Hbond substituents is 1. The number of phenols is 1. The average molecular weight is 303 g/mol. The number of ether oxygens (including phenoxy) is 1. The van der Waals surface area contributed by atoms with Gasteiger partial charge in [-0.1, -0.05) is 24.3 Å². The van der Waals surface area contributed by atoms with Crippen molar-refractivity contribution in [2.75, 3.05) is 13.7 Å². The number of hydrogen-bond donors (Lipinski definition) is 2. The third kappa shape index (κ3) is 4.22. The molecule has 0 saturated heterocycles. The minimum absolute atomic E-state index is 0.0292. The van der Waals surface area contributed by atoms with E-state index in [2.05, 4.69) is 5.32 Å². The number of halogens is 1. The van der Waals surface area contributed by atoms with Gasteiger partial charge in [0, 0.05) is 12.1 Å². The van der Waals surface area contributed by atoms with Crippen LogP contribution in [0.3, 0.4) is 0 Å². The molecule has 0 spiro atoms. The van der Waals surface area contributed by atoms with Crippen molar-refractivity contribution in [2.24, 2.45) is 0 Å². The Hall–Kier alpha value is -2.56. The van der Waals surface area contributed by atoms with Crippen molar-refractivity contribution in [1.82, 2.24) is 5.32 Å². The molecule has 0 aliphatic carbocycles. The van der Waals surface area contributed by atoms with Gasteiger partial charge in [0.1, 0.15) is 5.75 Å². The molecule has 0 aromatic heterocycles. The quantitative estimate of drug-likeness (QED) is 0.862. The highest BCUT2D eigenvalue weighted by molar-refractivity contribution is 5.78. The van der Waals surface area contributed by atoms with Crippen LogP contribution < -0.4 is 10.1 Å². The van der Waals surface area contributed by atoms with Gasteiger partial charge in [0.25, 0.3) is 0 Å². The van der Waals surface area contributed by atoms with Crippen molar-refractivity contribution in [1.29, 1.82) is 0 Å². The predicted octanol–water partition coefficient (Wildman–Crippen LogP) is 2.44. The number of aromatic hydroxyl groups is 1. The minimum atomic E-state index is -0.501. The lowest BCUT2D eigenvalue weighted by molar-refractivity contribution is -0.120. The fourth-order valence-corrected chi connectivity index (χ4v) is 2.09. The molecule has 116 valence electrons. The molecule has 2 N–H and O–H groups in total. The molecule has 0 aliphatic heterocycles. The predicted molar refractivity (Wildman–Crippen MR) is 81.5 cm³/mol. The highest BCUT2D eigenvalue weighted by atomic mass is 19.1. The Labute approximate surface area is 128 Å². The molecule has 0 bridgehead atoms. The largest absolute Gasteiger partial charge is 0.508 e.